The lowest BCUT2D eigenvalue weighted by Gasteiger charge is -2.01. The van der Waals surface area contributed by atoms with Gasteiger partial charge in [0.25, 0.3) is 0 Å². The van der Waals surface area contributed by atoms with Crippen LogP contribution in [-0.4, -0.2) is 16.7 Å². The van der Waals surface area contributed by atoms with E-state index < -0.39 is 0 Å². The highest BCUT2D eigenvalue weighted by Crippen LogP contribution is 2.21. The summed E-state index contributed by atoms with van der Waals surface area (Å²) in [6.07, 6.45) is 1.94. The molecule has 0 aliphatic carbocycles. The van der Waals surface area contributed by atoms with Gasteiger partial charge in [-0.15, -0.1) is 6.58 Å². The van der Waals surface area contributed by atoms with Gasteiger partial charge in [0.1, 0.15) is 5.82 Å². The maximum Gasteiger partial charge on any atom is 0.240 e. The molecule has 0 aliphatic rings. The van der Waals surface area contributed by atoms with E-state index in [1.807, 2.05) is 0 Å². The Morgan fingerprint density at radius 1 is 1.47 bits per heavy atom. The molecule has 0 aliphatic heterocycles. The largest absolute Gasteiger partial charge is 0.338 e. The minimum Gasteiger partial charge on any atom is -0.338 e. The molecule has 2 aromatic rings. The van der Waals surface area contributed by atoms with Crippen molar-refractivity contribution in [2.75, 3.05) is 6.54 Å². The topological polar surface area (TPSA) is 51.0 Å². The summed E-state index contributed by atoms with van der Waals surface area (Å²) >= 11 is 5.94. The average Bonchev–Trinajstić information content (AvgIpc) is 2.82. The lowest BCUT2D eigenvalue weighted by atomic mass is 10.1. The first-order valence-corrected chi connectivity index (χ1v) is 6.14. The molecule has 0 amide bonds. The van der Waals surface area contributed by atoms with Gasteiger partial charge in [0.2, 0.25) is 5.89 Å². The molecular formula is C13H13ClFN3O. The summed E-state index contributed by atoms with van der Waals surface area (Å²) in [7, 11) is 0. The first-order chi connectivity index (χ1) is 9.20. The van der Waals surface area contributed by atoms with Crippen LogP contribution in [0.3, 0.4) is 0 Å². The van der Waals surface area contributed by atoms with Crippen LogP contribution in [0.4, 0.5) is 4.39 Å². The first kappa shape index (κ1) is 13.7. The van der Waals surface area contributed by atoms with E-state index >= 15 is 0 Å². The number of hydrogen-bond donors (Lipinski definition) is 1. The molecule has 0 saturated carbocycles. The van der Waals surface area contributed by atoms with E-state index in [0.29, 0.717) is 35.4 Å². The third-order valence-electron chi connectivity index (χ3n) is 2.47. The van der Waals surface area contributed by atoms with Crippen LogP contribution in [0.2, 0.25) is 5.02 Å². The van der Waals surface area contributed by atoms with Crippen molar-refractivity contribution in [3.05, 3.63) is 59.0 Å². The minimum atomic E-state index is -0.372. The molecule has 100 valence electrons. The predicted molar refractivity (Wildman–Crippen MR) is 70.4 cm³/mol. The fraction of sp³-hybridized carbons (Fsp3) is 0.231. The van der Waals surface area contributed by atoms with E-state index in [0.717, 1.165) is 0 Å². The van der Waals surface area contributed by atoms with Crippen LogP contribution in [0.25, 0.3) is 0 Å². The number of nitrogens with one attached hydrogen (secondary N) is 1. The van der Waals surface area contributed by atoms with E-state index in [4.69, 9.17) is 16.1 Å². The molecule has 0 unspecified atom stereocenters. The van der Waals surface area contributed by atoms with Crippen molar-refractivity contribution in [2.24, 2.45) is 0 Å². The summed E-state index contributed by atoms with van der Waals surface area (Å²) in [5.74, 6) is 0.482. The van der Waals surface area contributed by atoms with Crippen molar-refractivity contribution in [1.82, 2.24) is 15.5 Å². The van der Waals surface area contributed by atoms with Gasteiger partial charge in [0.05, 0.1) is 6.54 Å². The summed E-state index contributed by atoms with van der Waals surface area (Å²) in [5, 5.41) is 7.19. The van der Waals surface area contributed by atoms with Crippen molar-refractivity contribution in [1.29, 1.82) is 0 Å². The number of rotatable bonds is 6. The normalized spacial score (nSPS) is 10.6. The SMILES string of the molecule is C=CCNCc1nc(Cc2c(F)cccc2Cl)no1. The van der Waals surface area contributed by atoms with Crippen molar-refractivity contribution in [3.63, 3.8) is 0 Å². The molecule has 19 heavy (non-hydrogen) atoms. The molecule has 1 N–H and O–H groups in total. The molecule has 0 radical (unpaired) electrons. The van der Waals surface area contributed by atoms with Crippen LogP contribution in [0.1, 0.15) is 17.3 Å². The van der Waals surface area contributed by atoms with Gasteiger partial charge in [-0.2, -0.15) is 4.98 Å². The number of nitrogens with zero attached hydrogens (tertiary/aromatic N) is 2. The Morgan fingerprint density at radius 2 is 2.32 bits per heavy atom. The molecule has 1 heterocycles. The van der Waals surface area contributed by atoms with Crippen LogP contribution >= 0.6 is 11.6 Å². The Bertz CT molecular complexity index is 551. The van der Waals surface area contributed by atoms with Gasteiger partial charge < -0.3 is 9.84 Å². The lowest BCUT2D eigenvalue weighted by molar-refractivity contribution is 0.365. The maximum atomic E-state index is 13.6. The number of halogens is 2. The molecule has 6 heteroatoms. The van der Waals surface area contributed by atoms with Gasteiger partial charge in [-0.3, -0.25) is 0 Å². The van der Waals surface area contributed by atoms with E-state index in [9.17, 15) is 4.39 Å². The summed E-state index contributed by atoms with van der Waals surface area (Å²) in [6, 6.07) is 4.54. The van der Waals surface area contributed by atoms with Crippen LogP contribution in [-0.2, 0) is 13.0 Å². The molecule has 0 atom stereocenters. The highest BCUT2D eigenvalue weighted by atomic mass is 35.5. The molecule has 0 spiro atoms. The minimum absolute atomic E-state index is 0.205. The second kappa shape index (κ2) is 6.45. The molecule has 2 rings (SSSR count). The van der Waals surface area contributed by atoms with E-state index in [1.165, 1.54) is 6.07 Å². The van der Waals surface area contributed by atoms with Crippen LogP contribution in [0.15, 0.2) is 35.4 Å². The summed E-state index contributed by atoms with van der Waals surface area (Å²) in [6.45, 7) is 4.68. The molecule has 4 nitrogen and oxygen atoms in total. The second-order valence-corrected chi connectivity index (χ2v) is 4.31. The zero-order valence-electron chi connectivity index (χ0n) is 10.2. The van der Waals surface area contributed by atoms with Gasteiger partial charge >= 0.3 is 0 Å². The molecule has 1 aromatic carbocycles. The summed E-state index contributed by atoms with van der Waals surface area (Å²) in [4.78, 5) is 4.16. The molecule has 0 saturated heterocycles. The van der Waals surface area contributed by atoms with Crippen molar-refractivity contribution in [2.45, 2.75) is 13.0 Å². The second-order valence-electron chi connectivity index (χ2n) is 3.90. The van der Waals surface area contributed by atoms with Crippen LogP contribution in [0.5, 0.6) is 0 Å². The van der Waals surface area contributed by atoms with Gasteiger partial charge in [-0.1, -0.05) is 28.9 Å². The Morgan fingerprint density at radius 3 is 3.05 bits per heavy atom. The number of aromatic nitrogens is 2. The highest BCUT2D eigenvalue weighted by molar-refractivity contribution is 6.31. The third kappa shape index (κ3) is 3.62. The maximum absolute atomic E-state index is 13.6. The molecule has 0 fully saturated rings. The number of benzene rings is 1. The van der Waals surface area contributed by atoms with Gasteiger partial charge in [0, 0.05) is 23.6 Å². The fourth-order valence-corrected chi connectivity index (χ4v) is 1.80. The Balaban J connectivity index is 2.05. The third-order valence-corrected chi connectivity index (χ3v) is 2.83. The average molecular weight is 282 g/mol. The smallest absolute Gasteiger partial charge is 0.240 e. The van der Waals surface area contributed by atoms with E-state index in [-0.39, 0.29) is 12.2 Å². The van der Waals surface area contributed by atoms with Crippen molar-refractivity contribution >= 4 is 11.6 Å². The van der Waals surface area contributed by atoms with Crippen molar-refractivity contribution in [3.8, 4) is 0 Å². The monoisotopic (exact) mass is 281 g/mol. The predicted octanol–water partition coefficient (Wildman–Crippen LogP) is 2.73. The first-order valence-electron chi connectivity index (χ1n) is 5.76. The highest BCUT2D eigenvalue weighted by Gasteiger charge is 2.12. The van der Waals surface area contributed by atoms with Crippen LogP contribution in [0, 0.1) is 5.82 Å². The van der Waals surface area contributed by atoms with E-state index in [2.05, 4.69) is 22.0 Å². The molecular weight excluding hydrogens is 269 g/mol. The Hall–Kier alpha value is -1.72. The van der Waals surface area contributed by atoms with Crippen molar-refractivity contribution < 1.29 is 8.91 Å². The zero-order chi connectivity index (χ0) is 13.7. The Labute approximate surface area is 115 Å². The van der Waals surface area contributed by atoms with Gasteiger partial charge in [0.15, 0.2) is 5.82 Å². The van der Waals surface area contributed by atoms with Gasteiger partial charge in [-0.05, 0) is 12.1 Å². The summed E-state index contributed by atoms with van der Waals surface area (Å²) < 4.78 is 18.6. The quantitative estimate of drug-likeness (QED) is 0.653. The van der Waals surface area contributed by atoms with Crippen LogP contribution < -0.4 is 5.32 Å². The molecule has 0 bridgehead atoms. The zero-order valence-corrected chi connectivity index (χ0v) is 11.0. The summed E-state index contributed by atoms with van der Waals surface area (Å²) in [5.41, 5.74) is 0.371. The Kier molecular flexibility index (Phi) is 4.65. The van der Waals surface area contributed by atoms with E-state index in [1.54, 1.807) is 18.2 Å². The van der Waals surface area contributed by atoms with Gasteiger partial charge in [-0.25, -0.2) is 4.39 Å². The number of hydrogen-bond acceptors (Lipinski definition) is 4. The molecule has 1 aromatic heterocycles. The lowest BCUT2D eigenvalue weighted by Crippen LogP contribution is -2.12. The standard InChI is InChI=1S/C13H13ClFN3O/c1-2-6-16-8-13-17-12(18-19-13)7-9-10(14)4-3-5-11(9)15/h2-5,16H,1,6-8H2. The fourth-order valence-electron chi connectivity index (χ4n) is 1.57.